The Bertz CT molecular complexity index is 845. The molecule has 1 aliphatic heterocycles. The molecule has 0 atom stereocenters. The van der Waals surface area contributed by atoms with E-state index in [0.717, 1.165) is 24.8 Å². The zero-order valence-corrected chi connectivity index (χ0v) is 16.2. The number of anilines is 1. The second-order valence-electron chi connectivity index (χ2n) is 6.69. The zero-order valence-electron chi connectivity index (χ0n) is 16.2. The number of ether oxygens (including phenoxy) is 3. The number of unbranched alkanes of at least 4 members (excludes halogenated alkanes) is 1. The highest BCUT2D eigenvalue weighted by molar-refractivity contribution is 6.06. The lowest BCUT2D eigenvalue weighted by Gasteiger charge is -2.13. The molecule has 0 unspecified atom stereocenters. The number of rotatable bonds is 6. The number of aryl methyl sites for hydroxylation is 1. The Hall–Kier alpha value is -3.02. The molecule has 1 amide bonds. The van der Waals surface area contributed by atoms with E-state index >= 15 is 0 Å². The van der Waals surface area contributed by atoms with Gasteiger partial charge >= 0.3 is 5.97 Å². The van der Waals surface area contributed by atoms with Crippen molar-refractivity contribution in [2.45, 2.75) is 33.1 Å². The lowest BCUT2D eigenvalue weighted by Crippen LogP contribution is -2.14. The zero-order chi connectivity index (χ0) is 19.9. The van der Waals surface area contributed by atoms with Crippen molar-refractivity contribution in [1.29, 1.82) is 0 Å². The summed E-state index contributed by atoms with van der Waals surface area (Å²) in [4.78, 5) is 24.6. The molecule has 0 saturated carbocycles. The van der Waals surface area contributed by atoms with Gasteiger partial charge in [-0.3, -0.25) is 4.79 Å². The molecular weight excluding hydrogens is 358 g/mol. The van der Waals surface area contributed by atoms with Crippen LogP contribution in [0.15, 0.2) is 36.4 Å². The number of fused-ring (bicyclic) bond motifs is 1. The van der Waals surface area contributed by atoms with Crippen LogP contribution in [0.2, 0.25) is 0 Å². The van der Waals surface area contributed by atoms with E-state index in [9.17, 15) is 9.59 Å². The lowest BCUT2D eigenvalue weighted by molar-refractivity contribution is 0.0499. The van der Waals surface area contributed by atoms with Crippen molar-refractivity contribution in [3.63, 3.8) is 0 Å². The maximum Gasteiger partial charge on any atom is 0.338 e. The van der Waals surface area contributed by atoms with Gasteiger partial charge in [-0.25, -0.2) is 4.79 Å². The fourth-order valence-electron chi connectivity index (χ4n) is 2.84. The Morgan fingerprint density at radius 1 is 1.07 bits per heavy atom. The molecule has 0 spiro atoms. The summed E-state index contributed by atoms with van der Waals surface area (Å²) in [7, 11) is 0. The molecule has 0 aliphatic carbocycles. The molecule has 148 valence electrons. The Morgan fingerprint density at radius 3 is 2.43 bits per heavy atom. The molecule has 0 bridgehead atoms. The van der Waals surface area contributed by atoms with Gasteiger partial charge in [0.2, 0.25) is 0 Å². The monoisotopic (exact) mass is 383 g/mol. The summed E-state index contributed by atoms with van der Waals surface area (Å²) in [6, 6.07) is 10.2. The minimum absolute atomic E-state index is 0.244. The molecule has 0 saturated heterocycles. The summed E-state index contributed by atoms with van der Waals surface area (Å²) in [5.41, 5.74) is 2.38. The van der Waals surface area contributed by atoms with Gasteiger partial charge < -0.3 is 19.5 Å². The molecule has 2 aromatic carbocycles. The quantitative estimate of drug-likeness (QED) is 0.592. The normalized spacial score (nSPS) is 12.8. The van der Waals surface area contributed by atoms with Crippen LogP contribution in [-0.2, 0) is 4.74 Å². The van der Waals surface area contributed by atoms with Gasteiger partial charge in [0, 0.05) is 17.7 Å². The topological polar surface area (TPSA) is 73.9 Å². The van der Waals surface area contributed by atoms with Crippen LogP contribution in [0.25, 0.3) is 0 Å². The van der Waals surface area contributed by atoms with E-state index in [1.165, 1.54) is 0 Å². The molecule has 0 radical (unpaired) electrons. The van der Waals surface area contributed by atoms with E-state index in [0.29, 0.717) is 48.1 Å². The van der Waals surface area contributed by atoms with Crippen LogP contribution in [0, 0.1) is 6.92 Å². The third-order valence-corrected chi connectivity index (χ3v) is 4.45. The summed E-state index contributed by atoms with van der Waals surface area (Å²) in [6.45, 7) is 5.48. The molecule has 1 heterocycles. The number of hydrogen-bond acceptors (Lipinski definition) is 5. The van der Waals surface area contributed by atoms with Crippen molar-refractivity contribution in [3.8, 4) is 11.5 Å². The SMILES string of the molecule is CCCCOC(=O)c1ccc(NC(=O)c2cc3c(cc2C)OCCCO3)cc1. The fourth-order valence-corrected chi connectivity index (χ4v) is 2.84. The van der Waals surface area contributed by atoms with E-state index < -0.39 is 0 Å². The van der Waals surface area contributed by atoms with Crippen LogP contribution < -0.4 is 14.8 Å². The highest BCUT2D eigenvalue weighted by Gasteiger charge is 2.17. The first-order chi connectivity index (χ1) is 13.6. The Morgan fingerprint density at radius 2 is 1.75 bits per heavy atom. The second kappa shape index (κ2) is 9.26. The molecule has 2 aromatic rings. The minimum Gasteiger partial charge on any atom is -0.490 e. The average Bonchev–Trinajstić information content (AvgIpc) is 2.92. The Balaban J connectivity index is 1.68. The number of amides is 1. The maximum atomic E-state index is 12.7. The van der Waals surface area contributed by atoms with Crippen LogP contribution in [0.5, 0.6) is 11.5 Å². The van der Waals surface area contributed by atoms with Gasteiger partial charge in [-0.15, -0.1) is 0 Å². The van der Waals surface area contributed by atoms with E-state index in [1.807, 2.05) is 19.9 Å². The largest absolute Gasteiger partial charge is 0.490 e. The van der Waals surface area contributed by atoms with Gasteiger partial charge in [0.25, 0.3) is 5.91 Å². The lowest BCUT2D eigenvalue weighted by atomic mass is 10.1. The summed E-state index contributed by atoms with van der Waals surface area (Å²) >= 11 is 0. The number of benzene rings is 2. The molecule has 1 N–H and O–H groups in total. The van der Waals surface area contributed by atoms with Crippen LogP contribution in [0.3, 0.4) is 0 Å². The molecule has 6 heteroatoms. The van der Waals surface area contributed by atoms with Crippen molar-refractivity contribution < 1.29 is 23.8 Å². The van der Waals surface area contributed by atoms with Gasteiger partial charge in [-0.2, -0.15) is 0 Å². The molecule has 28 heavy (non-hydrogen) atoms. The Labute approximate surface area is 164 Å². The number of hydrogen-bond donors (Lipinski definition) is 1. The third kappa shape index (κ3) is 4.82. The number of carbonyl (C=O) groups excluding carboxylic acids is 2. The van der Waals surface area contributed by atoms with Crippen LogP contribution in [0.1, 0.15) is 52.5 Å². The number of esters is 1. The molecule has 6 nitrogen and oxygen atoms in total. The van der Waals surface area contributed by atoms with Crippen LogP contribution in [-0.4, -0.2) is 31.7 Å². The minimum atomic E-state index is -0.356. The summed E-state index contributed by atoms with van der Waals surface area (Å²) in [5, 5.41) is 2.85. The van der Waals surface area contributed by atoms with Gasteiger partial charge in [0.05, 0.1) is 25.4 Å². The third-order valence-electron chi connectivity index (χ3n) is 4.45. The average molecular weight is 383 g/mol. The highest BCUT2D eigenvalue weighted by atomic mass is 16.5. The summed E-state index contributed by atoms with van der Waals surface area (Å²) < 4.78 is 16.5. The van der Waals surface area contributed by atoms with E-state index in [1.54, 1.807) is 30.3 Å². The molecule has 0 fully saturated rings. The van der Waals surface area contributed by atoms with Gasteiger partial charge in [-0.05, 0) is 55.3 Å². The first-order valence-electron chi connectivity index (χ1n) is 9.57. The van der Waals surface area contributed by atoms with Crippen molar-refractivity contribution in [1.82, 2.24) is 0 Å². The highest BCUT2D eigenvalue weighted by Crippen LogP contribution is 2.33. The van der Waals surface area contributed by atoms with Crippen molar-refractivity contribution in [2.75, 3.05) is 25.1 Å². The Kier molecular flexibility index (Phi) is 6.53. The first-order valence-corrected chi connectivity index (χ1v) is 9.57. The smallest absolute Gasteiger partial charge is 0.338 e. The maximum absolute atomic E-state index is 12.7. The van der Waals surface area contributed by atoms with Gasteiger partial charge in [-0.1, -0.05) is 13.3 Å². The summed E-state index contributed by atoms with van der Waals surface area (Å²) in [6.07, 6.45) is 2.62. The molecular formula is C22H25NO5. The van der Waals surface area contributed by atoms with Crippen molar-refractivity contribution in [3.05, 3.63) is 53.1 Å². The van der Waals surface area contributed by atoms with E-state index in [2.05, 4.69) is 5.32 Å². The molecule has 1 aliphatic rings. The predicted molar refractivity (Wildman–Crippen MR) is 106 cm³/mol. The fraction of sp³-hybridized carbons (Fsp3) is 0.364. The van der Waals surface area contributed by atoms with Crippen LogP contribution >= 0.6 is 0 Å². The second-order valence-corrected chi connectivity index (χ2v) is 6.69. The number of nitrogens with one attached hydrogen (secondary N) is 1. The van der Waals surface area contributed by atoms with Gasteiger partial charge in [0.15, 0.2) is 11.5 Å². The molecule has 0 aromatic heterocycles. The van der Waals surface area contributed by atoms with Crippen molar-refractivity contribution in [2.24, 2.45) is 0 Å². The summed E-state index contributed by atoms with van der Waals surface area (Å²) in [5.74, 6) is 0.646. The van der Waals surface area contributed by atoms with Crippen molar-refractivity contribution >= 4 is 17.6 Å². The number of carbonyl (C=O) groups is 2. The standard InChI is InChI=1S/C22H25NO5/c1-3-4-10-28-22(25)16-6-8-17(9-7-16)23-21(24)18-14-20-19(13-15(18)2)26-11-5-12-27-20/h6-9,13-14H,3-5,10-12H2,1-2H3,(H,23,24). The van der Waals surface area contributed by atoms with Gasteiger partial charge in [0.1, 0.15) is 0 Å². The molecule has 3 rings (SSSR count). The van der Waals surface area contributed by atoms with E-state index in [-0.39, 0.29) is 11.9 Å². The van der Waals surface area contributed by atoms with Crippen LogP contribution in [0.4, 0.5) is 5.69 Å². The predicted octanol–water partition coefficient (Wildman–Crippen LogP) is 4.37. The first kappa shape index (κ1) is 19.7. The van der Waals surface area contributed by atoms with E-state index in [4.69, 9.17) is 14.2 Å².